The van der Waals surface area contributed by atoms with Gasteiger partial charge in [-0.15, -0.1) is 6.58 Å². The molecular formula is C18H28N4OS. The van der Waals surface area contributed by atoms with Crippen molar-refractivity contribution in [2.45, 2.75) is 23.6 Å². The van der Waals surface area contributed by atoms with Crippen molar-refractivity contribution < 1.29 is 4.79 Å². The van der Waals surface area contributed by atoms with Crippen LogP contribution in [0.5, 0.6) is 0 Å². The van der Waals surface area contributed by atoms with Gasteiger partial charge in [0.05, 0.1) is 5.03 Å². The Balaban J connectivity index is 1.92. The summed E-state index contributed by atoms with van der Waals surface area (Å²) in [6.07, 6.45) is 4.68. The third kappa shape index (κ3) is 6.26. The van der Waals surface area contributed by atoms with Crippen molar-refractivity contribution in [3.05, 3.63) is 37.1 Å². The van der Waals surface area contributed by atoms with Gasteiger partial charge in [0, 0.05) is 45.5 Å². The maximum atomic E-state index is 12.5. The molecule has 0 bridgehead atoms. The lowest BCUT2D eigenvalue weighted by molar-refractivity contribution is -0.120. The summed E-state index contributed by atoms with van der Waals surface area (Å²) in [5.41, 5.74) is 0. The molecule has 1 fully saturated rings. The zero-order valence-electron chi connectivity index (χ0n) is 14.5. The lowest BCUT2D eigenvalue weighted by Crippen LogP contribution is -2.50. The van der Waals surface area contributed by atoms with E-state index in [-0.39, 0.29) is 11.2 Å². The van der Waals surface area contributed by atoms with E-state index in [0.717, 1.165) is 37.7 Å². The summed E-state index contributed by atoms with van der Waals surface area (Å²) in [4.78, 5) is 21.7. The molecule has 1 unspecified atom stereocenters. The average molecular weight is 349 g/mol. The molecule has 1 saturated heterocycles. The Morgan fingerprint density at radius 3 is 2.75 bits per heavy atom. The summed E-state index contributed by atoms with van der Waals surface area (Å²) in [6.45, 7) is 12.5. The normalized spacial score (nSPS) is 17.4. The highest BCUT2D eigenvalue weighted by Crippen LogP contribution is 2.22. The van der Waals surface area contributed by atoms with Gasteiger partial charge in [-0.2, -0.15) is 0 Å². The number of carbonyl (C=O) groups excluding carboxylic acids is 1. The second-order valence-corrected chi connectivity index (χ2v) is 7.17. The first-order valence-corrected chi connectivity index (χ1v) is 9.52. The van der Waals surface area contributed by atoms with Gasteiger partial charge in [-0.25, -0.2) is 4.98 Å². The van der Waals surface area contributed by atoms with Gasteiger partial charge in [0.2, 0.25) is 5.91 Å². The zero-order chi connectivity index (χ0) is 17.2. The van der Waals surface area contributed by atoms with Gasteiger partial charge >= 0.3 is 0 Å². The van der Waals surface area contributed by atoms with E-state index in [1.807, 2.05) is 18.2 Å². The second kappa shape index (κ2) is 10.5. The fraction of sp³-hybridized carbons (Fsp3) is 0.556. The van der Waals surface area contributed by atoms with Crippen LogP contribution >= 0.6 is 11.8 Å². The molecule has 6 heteroatoms. The molecule has 1 aromatic rings. The molecule has 0 radical (unpaired) electrons. The lowest BCUT2D eigenvalue weighted by atomic mass is 10.2. The first kappa shape index (κ1) is 19.0. The second-order valence-electron chi connectivity index (χ2n) is 5.95. The van der Waals surface area contributed by atoms with Crippen molar-refractivity contribution in [1.29, 1.82) is 0 Å². The molecule has 1 aliphatic heterocycles. The third-order valence-corrected chi connectivity index (χ3v) is 5.17. The average Bonchev–Trinajstić information content (AvgIpc) is 2.62. The molecule has 0 spiro atoms. The Morgan fingerprint density at radius 2 is 2.12 bits per heavy atom. The van der Waals surface area contributed by atoms with E-state index in [1.54, 1.807) is 12.3 Å². The summed E-state index contributed by atoms with van der Waals surface area (Å²) in [5, 5.41) is 3.66. The molecule has 2 rings (SSSR count). The van der Waals surface area contributed by atoms with Crippen LogP contribution in [0, 0.1) is 0 Å². The number of rotatable bonds is 9. The highest BCUT2D eigenvalue weighted by atomic mass is 32.2. The number of pyridine rings is 1. The van der Waals surface area contributed by atoms with E-state index in [4.69, 9.17) is 0 Å². The van der Waals surface area contributed by atoms with Crippen LogP contribution < -0.4 is 5.32 Å². The summed E-state index contributed by atoms with van der Waals surface area (Å²) in [5.74, 6) is 0.0570. The molecule has 0 saturated carbocycles. The van der Waals surface area contributed by atoms with Crippen LogP contribution in [-0.2, 0) is 4.79 Å². The van der Waals surface area contributed by atoms with E-state index >= 15 is 0 Å². The molecule has 1 atom stereocenters. The Bertz CT molecular complexity index is 503. The van der Waals surface area contributed by atoms with E-state index in [1.165, 1.54) is 24.7 Å². The quantitative estimate of drug-likeness (QED) is 0.545. The molecule has 1 aliphatic rings. The van der Waals surface area contributed by atoms with Crippen molar-refractivity contribution in [2.24, 2.45) is 0 Å². The van der Waals surface area contributed by atoms with Crippen LogP contribution in [0.15, 0.2) is 42.1 Å². The number of carbonyl (C=O) groups is 1. The summed E-state index contributed by atoms with van der Waals surface area (Å²) >= 11 is 1.54. The maximum Gasteiger partial charge on any atom is 0.235 e. The topological polar surface area (TPSA) is 48.5 Å². The predicted octanol–water partition coefficient (Wildman–Crippen LogP) is 1.87. The van der Waals surface area contributed by atoms with Gasteiger partial charge in [0.15, 0.2) is 0 Å². The lowest BCUT2D eigenvalue weighted by Gasteiger charge is -2.35. The van der Waals surface area contributed by atoms with Crippen molar-refractivity contribution in [3.8, 4) is 0 Å². The number of hydrogen-bond donors (Lipinski definition) is 1. The molecule has 132 valence electrons. The summed E-state index contributed by atoms with van der Waals surface area (Å²) < 4.78 is 0. The van der Waals surface area contributed by atoms with Crippen molar-refractivity contribution in [1.82, 2.24) is 20.1 Å². The fourth-order valence-electron chi connectivity index (χ4n) is 2.77. The number of hydrogen-bond acceptors (Lipinski definition) is 5. The number of piperazine rings is 1. The number of thioether (sulfide) groups is 1. The third-order valence-electron chi connectivity index (χ3n) is 4.04. The van der Waals surface area contributed by atoms with Crippen LogP contribution in [0.25, 0.3) is 0 Å². The first-order chi connectivity index (χ1) is 11.7. The largest absolute Gasteiger partial charge is 0.352 e. The number of amides is 1. The molecule has 1 amide bonds. The maximum absolute atomic E-state index is 12.5. The predicted molar refractivity (Wildman–Crippen MR) is 100 cm³/mol. The standard InChI is InChI=1S/C18H28N4OS/c1-3-8-20-18(23)16(24-17-7-5-6-9-19-17)15-22-13-11-21(10-4-2)12-14-22/h3,5-7,9,16H,1,4,8,10-15H2,2H3,(H,20,23). The van der Waals surface area contributed by atoms with Crippen LogP contribution in [-0.4, -0.2) is 71.8 Å². The van der Waals surface area contributed by atoms with E-state index < -0.39 is 0 Å². The molecular weight excluding hydrogens is 320 g/mol. The Hall–Kier alpha value is -1.37. The van der Waals surface area contributed by atoms with Crippen molar-refractivity contribution in [2.75, 3.05) is 45.8 Å². The van der Waals surface area contributed by atoms with E-state index in [9.17, 15) is 4.79 Å². The van der Waals surface area contributed by atoms with Crippen LogP contribution in [0.1, 0.15) is 13.3 Å². The number of aromatic nitrogens is 1. The monoisotopic (exact) mass is 348 g/mol. The minimum absolute atomic E-state index is 0.0570. The van der Waals surface area contributed by atoms with Gasteiger partial charge in [-0.1, -0.05) is 30.8 Å². The minimum atomic E-state index is -0.155. The van der Waals surface area contributed by atoms with Crippen LogP contribution in [0.2, 0.25) is 0 Å². The van der Waals surface area contributed by atoms with Crippen molar-refractivity contribution in [3.63, 3.8) is 0 Å². The Morgan fingerprint density at radius 1 is 1.38 bits per heavy atom. The van der Waals surface area contributed by atoms with Crippen molar-refractivity contribution >= 4 is 17.7 Å². The molecule has 1 N–H and O–H groups in total. The van der Waals surface area contributed by atoms with Gasteiger partial charge in [0.1, 0.15) is 5.25 Å². The Labute approximate surface area is 149 Å². The fourth-order valence-corrected chi connectivity index (χ4v) is 3.82. The summed E-state index contributed by atoms with van der Waals surface area (Å²) in [6, 6.07) is 5.80. The van der Waals surface area contributed by atoms with Gasteiger partial charge in [-0.05, 0) is 25.1 Å². The van der Waals surface area contributed by atoms with Crippen LogP contribution in [0.4, 0.5) is 0 Å². The molecule has 5 nitrogen and oxygen atoms in total. The highest BCUT2D eigenvalue weighted by Gasteiger charge is 2.25. The van der Waals surface area contributed by atoms with Gasteiger partial charge in [0.25, 0.3) is 0 Å². The number of nitrogens with one attached hydrogen (secondary N) is 1. The SMILES string of the molecule is C=CCNC(=O)C(CN1CCN(CCC)CC1)Sc1ccccn1. The smallest absolute Gasteiger partial charge is 0.235 e. The Kier molecular flexibility index (Phi) is 8.28. The van der Waals surface area contributed by atoms with E-state index in [0.29, 0.717) is 6.54 Å². The molecule has 0 aromatic carbocycles. The zero-order valence-corrected chi connectivity index (χ0v) is 15.3. The van der Waals surface area contributed by atoms with Crippen LogP contribution in [0.3, 0.4) is 0 Å². The number of nitrogens with zero attached hydrogens (tertiary/aromatic N) is 3. The molecule has 2 heterocycles. The van der Waals surface area contributed by atoms with Gasteiger partial charge in [-0.3, -0.25) is 9.69 Å². The summed E-state index contributed by atoms with van der Waals surface area (Å²) in [7, 11) is 0. The van der Waals surface area contributed by atoms with E-state index in [2.05, 4.69) is 33.6 Å². The molecule has 1 aromatic heterocycles. The van der Waals surface area contributed by atoms with Gasteiger partial charge < -0.3 is 10.2 Å². The highest BCUT2D eigenvalue weighted by molar-refractivity contribution is 8.00. The minimum Gasteiger partial charge on any atom is -0.352 e. The molecule has 0 aliphatic carbocycles. The first-order valence-electron chi connectivity index (χ1n) is 8.64. The molecule has 24 heavy (non-hydrogen) atoms.